The summed E-state index contributed by atoms with van der Waals surface area (Å²) in [5, 5.41) is 20.7. The number of ether oxygens (including phenoxy) is 1. The lowest BCUT2D eigenvalue weighted by atomic mass is 9.87. The monoisotopic (exact) mass is 624 g/mol. The predicted molar refractivity (Wildman–Crippen MR) is 163 cm³/mol. The van der Waals surface area contributed by atoms with Gasteiger partial charge in [-0.25, -0.2) is 19.2 Å². The van der Waals surface area contributed by atoms with Gasteiger partial charge < -0.3 is 19.5 Å². The van der Waals surface area contributed by atoms with E-state index in [1.54, 1.807) is 24.3 Å². The number of para-hydroxylation sites is 1. The molecule has 0 saturated carbocycles. The number of hydrogen-bond donors (Lipinski definition) is 2. The Balaban J connectivity index is 1.21. The molecule has 4 aromatic rings. The Kier molecular flexibility index (Phi) is 8.42. The maximum Gasteiger partial charge on any atom is 0.354 e. The summed E-state index contributed by atoms with van der Waals surface area (Å²) >= 11 is 12.6. The van der Waals surface area contributed by atoms with Crippen LogP contribution in [0.5, 0.6) is 5.75 Å². The summed E-state index contributed by atoms with van der Waals surface area (Å²) in [6.07, 6.45) is 2.73. The number of likely N-dealkylation sites (tertiary alicyclic amines) is 1. The van der Waals surface area contributed by atoms with Gasteiger partial charge in [-0.05, 0) is 80.2 Å². The number of carboxylic acids is 1. The van der Waals surface area contributed by atoms with Crippen molar-refractivity contribution in [3.63, 3.8) is 0 Å². The molecule has 1 unspecified atom stereocenters. The van der Waals surface area contributed by atoms with Crippen molar-refractivity contribution in [1.82, 2.24) is 19.4 Å². The van der Waals surface area contributed by atoms with Crippen molar-refractivity contribution in [2.24, 2.45) is 0 Å². The second-order valence-corrected chi connectivity index (χ2v) is 11.9. The predicted octanol–water partition coefficient (Wildman–Crippen LogP) is 6.79. The van der Waals surface area contributed by atoms with E-state index in [9.17, 15) is 19.4 Å². The van der Waals surface area contributed by atoms with Crippen LogP contribution in [0.4, 0.5) is 4.39 Å². The smallest absolute Gasteiger partial charge is 0.354 e. The largest absolute Gasteiger partial charge is 0.480 e. The maximum absolute atomic E-state index is 14.8. The summed E-state index contributed by atoms with van der Waals surface area (Å²) in [5.74, 6) is 0.0803. The van der Waals surface area contributed by atoms with E-state index >= 15 is 0 Å². The Morgan fingerprint density at radius 1 is 1.12 bits per heavy atom. The molecule has 1 saturated heterocycles. The van der Waals surface area contributed by atoms with Crippen molar-refractivity contribution in [2.75, 3.05) is 13.1 Å². The first-order valence-electron chi connectivity index (χ1n) is 14.3. The number of aliphatic hydroxyl groups excluding tert-OH is 1. The zero-order valence-electron chi connectivity index (χ0n) is 23.5. The number of piperidine rings is 1. The minimum Gasteiger partial charge on any atom is -0.480 e. The Morgan fingerprint density at radius 2 is 1.91 bits per heavy atom. The van der Waals surface area contributed by atoms with Gasteiger partial charge in [-0.1, -0.05) is 48.3 Å². The fourth-order valence-corrected chi connectivity index (χ4v) is 6.31. The van der Waals surface area contributed by atoms with Crippen LogP contribution in [-0.4, -0.2) is 54.8 Å². The summed E-state index contributed by atoms with van der Waals surface area (Å²) in [6, 6.07) is 13.6. The molecule has 1 fully saturated rings. The van der Waals surface area contributed by atoms with Crippen LogP contribution in [0.3, 0.4) is 0 Å². The lowest BCUT2D eigenvalue weighted by Crippen LogP contribution is -2.34. The van der Waals surface area contributed by atoms with Crippen LogP contribution in [0.25, 0.3) is 16.2 Å². The van der Waals surface area contributed by atoms with E-state index in [0.29, 0.717) is 45.5 Å². The number of halogens is 3. The molecule has 2 aromatic heterocycles. The third kappa shape index (κ3) is 5.99. The number of fused-ring (bicyclic) bond motifs is 2. The van der Waals surface area contributed by atoms with Crippen LogP contribution in [0.1, 0.15) is 71.2 Å². The molecule has 224 valence electrons. The number of aromatic carboxylic acids is 1. The molecule has 4 heterocycles. The summed E-state index contributed by atoms with van der Waals surface area (Å²) < 4.78 is 23.0. The molecule has 6 rings (SSSR count). The fraction of sp³-hybridized carbons (Fsp3) is 0.344. The van der Waals surface area contributed by atoms with Crippen LogP contribution in [0, 0.1) is 5.82 Å². The Labute approximate surface area is 258 Å². The van der Waals surface area contributed by atoms with Gasteiger partial charge in [0.15, 0.2) is 11.3 Å². The number of rotatable bonds is 8. The first-order valence-corrected chi connectivity index (χ1v) is 15.1. The zero-order chi connectivity index (χ0) is 30.2. The highest BCUT2D eigenvalue weighted by Crippen LogP contribution is 2.45. The van der Waals surface area contributed by atoms with Gasteiger partial charge >= 0.3 is 5.97 Å². The number of aliphatic hydroxyl groups is 1. The van der Waals surface area contributed by atoms with Gasteiger partial charge in [0.25, 0.3) is 0 Å². The van der Waals surface area contributed by atoms with Crippen molar-refractivity contribution in [3.05, 3.63) is 93.7 Å². The molecule has 0 spiro atoms. The number of carbonyl (C=O) groups is 1. The van der Waals surface area contributed by atoms with E-state index in [1.807, 2.05) is 23.6 Å². The summed E-state index contributed by atoms with van der Waals surface area (Å²) in [4.78, 5) is 22.9. The van der Waals surface area contributed by atoms with Crippen molar-refractivity contribution < 1.29 is 24.1 Å². The third-order valence-corrected chi connectivity index (χ3v) is 8.83. The van der Waals surface area contributed by atoms with E-state index in [1.165, 1.54) is 12.1 Å². The highest BCUT2D eigenvalue weighted by molar-refractivity contribution is 6.49. The van der Waals surface area contributed by atoms with Gasteiger partial charge in [0.05, 0.1) is 24.2 Å². The van der Waals surface area contributed by atoms with E-state index in [-0.39, 0.29) is 18.2 Å². The van der Waals surface area contributed by atoms with Gasteiger partial charge in [0, 0.05) is 16.1 Å². The van der Waals surface area contributed by atoms with Crippen molar-refractivity contribution in [2.45, 2.75) is 57.4 Å². The Morgan fingerprint density at radius 3 is 2.63 bits per heavy atom. The molecule has 2 aromatic carbocycles. The molecule has 0 amide bonds. The Bertz CT molecular complexity index is 1720. The fourth-order valence-electron chi connectivity index (χ4n) is 5.89. The van der Waals surface area contributed by atoms with E-state index < -0.39 is 24.0 Å². The van der Waals surface area contributed by atoms with Crippen LogP contribution in [0.15, 0.2) is 54.6 Å². The molecule has 2 N–H and O–H groups in total. The lowest BCUT2D eigenvalue weighted by molar-refractivity contribution is 0.0691. The molecular formula is C32H31Cl2FN4O4. The molecular weight excluding hydrogens is 594 g/mol. The summed E-state index contributed by atoms with van der Waals surface area (Å²) in [5.41, 5.74) is 3.22. The first kappa shape index (κ1) is 29.6. The number of pyridine rings is 1. The highest BCUT2D eigenvalue weighted by Gasteiger charge is 2.30. The van der Waals surface area contributed by atoms with Crippen LogP contribution >= 0.6 is 23.2 Å². The van der Waals surface area contributed by atoms with E-state index in [2.05, 4.69) is 16.0 Å². The molecule has 2 aliphatic heterocycles. The van der Waals surface area contributed by atoms with Crippen LogP contribution in [-0.2, 0) is 13.1 Å². The number of nitrogens with zero attached hydrogens (tertiary/aromatic N) is 4. The SMILES string of the molecule is CC[C@H](O)Cn1c(CN2CCC(c3cccc4c3OC(c3ccc(Cl)cc3F)C=C4Cl)CC2)nc2ccc(C(=O)O)nc21. The topological polar surface area (TPSA) is 101 Å². The average molecular weight is 626 g/mol. The van der Waals surface area contributed by atoms with Gasteiger partial charge in [-0.2, -0.15) is 0 Å². The molecule has 11 heteroatoms. The van der Waals surface area contributed by atoms with E-state index in [0.717, 1.165) is 42.9 Å². The summed E-state index contributed by atoms with van der Waals surface area (Å²) in [7, 11) is 0. The minimum absolute atomic E-state index is 0.0589. The van der Waals surface area contributed by atoms with Crippen molar-refractivity contribution in [1.29, 1.82) is 0 Å². The third-order valence-electron chi connectivity index (χ3n) is 8.26. The van der Waals surface area contributed by atoms with Gasteiger partial charge in [0.1, 0.15) is 29.0 Å². The van der Waals surface area contributed by atoms with Crippen molar-refractivity contribution >= 4 is 45.4 Å². The van der Waals surface area contributed by atoms with Gasteiger partial charge in [-0.3, -0.25) is 4.90 Å². The zero-order valence-corrected chi connectivity index (χ0v) is 25.0. The number of hydrogen-bond acceptors (Lipinski definition) is 6. The maximum atomic E-state index is 14.8. The lowest BCUT2D eigenvalue weighted by Gasteiger charge is -2.34. The van der Waals surface area contributed by atoms with E-state index in [4.69, 9.17) is 32.9 Å². The molecule has 8 nitrogen and oxygen atoms in total. The molecule has 0 bridgehead atoms. The molecule has 2 atom stereocenters. The van der Waals surface area contributed by atoms with Crippen LogP contribution in [0.2, 0.25) is 5.02 Å². The molecule has 2 aliphatic rings. The van der Waals surface area contributed by atoms with Gasteiger partial charge in [-0.15, -0.1) is 0 Å². The van der Waals surface area contributed by atoms with Crippen molar-refractivity contribution in [3.8, 4) is 5.75 Å². The average Bonchev–Trinajstić information content (AvgIpc) is 3.32. The van der Waals surface area contributed by atoms with Crippen LogP contribution < -0.4 is 4.74 Å². The number of benzene rings is 2. The molecule has 0 aliphatic carbocycles. The number of carboxylic acid groups (broad SMARTS) is 1. The standard InChI is InChI=1S/C32H31Cl2FN4O4/c1-2-20(40)16-39-29(36-26-8-9-27(32(41)42)37-31(26)39)17-38-12-10-18(11-13-38)21-4-3-5-22-24(34)15-28(43-30(21)22)23-7-6-19(33)14-25(23)35/h3-9,14-15,18,20,28,40H,2,10-13,16-17H2,1H3,(H,41,42)/t20-,28?/m0/s1. The number of imidazole rings is 1. The quantitative estimate of drug-likeness (QED) is 0.223. The normalized spacial score (nSPS) is 18.3. The Hall–Kier alpha value is -3.50. The second kappa shape index (κ2) is 12.2. The highest BCUT2D eigenvalue weighted by atomic mass is 35.5. The first-order chi connectivity index (χ1) is 20.7. The second-order valence-electron chi connectivity index (χ2n) is 11.0. The minimum atomic E-state index is -1.11. The molecule has 43 heavy (non-hydrogen) atoms. The number of aromatic nitrogens is 3. The van der Waals surface area contributed by atoms with Gasteiger partial charge in [0.2, 0.25) is 0 Å². The summed E-state index contributed by atoms with van der Waals surface area (Å²) in [6.45, 7) is 4.30. The molecule has 0 radical (unpaired) electrons.